The minimum atomic E-state index is 0.416. The van der Waals surface area contributed by atoms with E-state index >= 15 is 0 Å². The summed E-state index contributed by atoms with van der Waals surface area (Å²) in [5, 5.41) is 16.3. The number of pyridine rings is 1. The summed E-state index contributed by atoms with van der Waals surface area (Å²) >= 11 is 0. The van der Waals surface area contributed by atoms with Crippen LogP contribution in [0.15, 0.2) is 29.2 Å². The van der Waals surface area contributed by atoms with Crippen molar-refractivity contribution in [3.8, 4) is 11.4 Å². The molecule has 0 aromatic carbocycles. The predicted octanol–water partition coefficient (Wildman–Crippen LogP) is 1.15. The standard InChI is InChI=1S/C14H14N8O/c1-8-9(12(15)13-14(17-8)20-23-19-13)7-22-6-4-10(18-22)11-3-5-16-21(11)2/h3-6H,7,15H2,1-2H3. The monoisotopic (exact) mass is 310 g/mol. The largest absolute Gasteiger partial charge is 0.396 e. The summed E-state index contributed by atoms with van der Waals surface area (Å²) < 4.78 is 8.28. The molecule has 9 heteroatoms. The summed E-state index contributed by atoms with van der Waals surface area (Å²) in [7, 11) is 1.88. The van der Waals surface area contributed by atoms with E-state index in [9.17, 15) is 0 Å². The summed E-state index contributed by atoms with van der Waals surface area (Å²) in [4.78, 5) is 4.36. The highest BCUT2D eigenvalue weighted by Gasteiger charge is 2.15. The number of aromatic nitrogens is 7. The van der Waals surface area contributed by atoms with Crippen LogP contribution in [-0.4, -0.2) is 34.9 Å². The predicted molar refractivity (Wildman–Crippen MR) is 82.3 cm³/mol. The van der Waals surface area contributed by atoms with Crippen LogP contribution in [0.3, 0.4) is 0 Å². The molecule has 0 saturated carbocycles. The van der Waals surface area contributed by atoms with Crippen LogP contribution in [0.2, 0.25) is 0 Å². The van der Waals surface area contributed by atoms with Gasteiger partial charge >= 0.3 is 0 Å². The summed E-state index contributed by atoms with van der Waals surface area (Å²) in [6, 6.07) is 3.85. The molecule has 2 N–H and O–H groups in total. The van der Waals surface area contributed by atoms with Crippen molar-refractivity contribution >= 4 is 16.9 Å². The van der Waals surface area contributed by atoms with Gasteiger partial charge in [0.1, 0.15) is 5.69 Å². The number of anilines is 1. The molecule has 0 bridgehead atoms. The number of aryl methyl sites for hydroxylation is 2. The molecule has 4 aromatic rings. The molecule has 0 unspecified atom stereocenters. The molecule has 4 heterocycles. The highest BCUT2D eigenvalue weighted by Crippen LogP contribution is 2.24. The van der Waals surface area contributed by atoms with Crippen molar-refractivity contribution in [2.24, 2.45) is 7.05 Å². The smallest absolute Gasteiger partial charge is 0.226 e. The number of nitrogen functional groups attached to an aromatic ring is 1. The lowest BCUT2D eigenvalue weighted by atomic mass is 10.1. The van der Waals surface area contributed by atoms with Crippen LogP contribution >= 0.6 is 0 Å². The number of rotatable bonds is 3. The molecule has 9 nitrogen and oxygen atoms in total. The first-order valence-electron chi connectivity index (χ1n) is 7.02. The molecule has 116 valence electrons. The Morgan fingerprint density at radius 1 is 1.26 bits per heavy atom. The van der Waals surface area contributed by atoms with Crippen molar-refractivity contribution in [1.29, 1.82) is 0 Å². The molecular weight excluding hydrogens is 296 g/mol. The molecule has 23 heavy (non-hydrogen) atoms. The number of nitrogens with zero attached hydrogens (tertiary/aromatic N) is 7. The van der Waals surface area contributed by atoms with E-state index in [0.29, 0.717) is 23.4 Å². The van der Waals surface area contributed by atoms with Gasteiger partial charge in [0.2, 0.25) is 5.65 Å². The van der Waals surface area contributed by atoms with Gasteiger partial charge < -0.3 is 5.73 Å². The normalized spacial score (nSPS) is 11.4. The van der Waals surface area contributed by atoms with Crippen molar-refractivity contribution in [3.63, 3.8) is 0 Å². The van der Waals surface area contributed by atoms with Gasteiger partial charge in [-0.3, -0.25) is 9.36 Å². The average molecular weight is 310 g/mol. The SMILES string of the molecule is Cc1nc2nonc2c(N)c1Cn1ccc(-c2ccnn2C)n1. The molecule has 0 aliphatic carbocycles. The highest BCUT2D eigenvalue weighted by atomic mass is 16.6. The molecule has 4 aromatic heterocycles. The van der Waals surface area contributed by atoms with Gasteiger partial charge in [0.05, 0.1) is 17.9 Å². The van der Waals surface area contributed by atoms with E-state index < -0.39 is 0 Å². The molecular formula is C14H14N8O. The van der Waals surface area contributed by atoms with Gasteiger partial charge in [0.25, 0.3) is 0 Å². The molecule has 0 saturated heterocycles. The molecule has 0 aliphatic rings. The average Bonchev–Trinajstić information content (AvgIpc) is 3.23. The van der Waals surface area contributed by atoms with Crippen LogP contribution in [0.1, 0.15) is 11.3 Å². The third-order valence-corrected chi connectivity index (χ3v) is 3.81. The highest BCUT2D eigenvalue weighted by molar-refractivity contribution is 5.85. The van der Waals surface area contributed by atoms with E-state index in [4.69, 9.17) is 10.4 Å². The van der Waals surface area contributed by atoms with E-state index in [2.05, 4.69) is 25.5 Å². The first-order valence-corrected chi connectivity index (χ1v) is 7.02. The molecule has 0 fully saturated rings. The fraction of sp³-hybridized carbons (Fsp3) is 0.214. The first kappa shape index (κ1) is 13.4. The quantitative estimate of drug-likeness (QED) is 0.603. The Morgan fingerprint density at radius 3 is 2.91 bits per heavy atom. The number of nitrogens with two attached hydrogens (primary N) is 1. The third kappa shape index (κ3) is 2.13. The second-order valence-electron chi connectivity index (χ2n) is 5.26. The fourth-order valence-corrected chi connectivity index (χ4v) is 2.56. The topological polar surface area (TPSA) is 113 Å². The number of fused-ring (bicyclic) bond motifs is 1. The van der Waals surface area contributed by atoms with Crippen LogP contribution in [-0.2, 0) is 13.6 Å². The zero-order chi connectivity index (χ0) is 16.0. The van der Waals surface area contributed by atoms with Crippen molar-refractivity contribution in [2.45, 2.75) is 13.5 Å². The van der Waals surface area contributed by atoms with Gasteiger partial charge in [-0.25, -0.2) is 9.61 Å². The maximum absolute atomic E-state index is 6.18. The second-order valence-corrected chi connectivity index (χ2v) is 5.26. The summed E-state index contributed by atoms with van der Waals surface area (Å²) in [6.07, 6.45) is 3.64. The Morgan fingerprint density at radius 2 is 2.13 bits per heavy atom. The lowest BCUT2D eigenvalue weighted by Crippen LogP contribution is -2.08. The van der Waals surface area contributed by atoms with Gasteiger partial charge in [-0.1, -0.05) is 0 Å². The Kier molecular flexibility index (Phi) is 2.86. The van der Waals surface area contributed by atoms with Crippen molar-refractivity contribution < 1.29 is 4.63 Å². The van der Waals surface area contributed by atoms with E-state index in [-0.39, 0.29) is 0 Å². The van der Waals surface area contributed by atoms with Crippen molar-refractivity contribution in [1.82, 2.24) is 34.9 Å². The first-order chi connectivity index (χ1) is 11.1. The Balaban J connectivity index is 1.71. The lowest BCUT2D eigenvalue weighted by molar-refractivity contribution is 0.315. The minimum Gasteiger partial charge on any atom is -0.396 e. The van der Waals surface area contributed by atoms with Crippen LogP contribution < -0.4 is 5.73 Å². The Labute approximate surface area is 130 Å². The van der Waals surface area contributed by atoms with Crippen molar-refractivity contribution in [2.75, 3.05) is 5.73 Å². The summed E-state index contributed by atoms with van der Waals surface area (Å²) in [6.45, 7) is 2.37. The molecule has 0 radical (unpaired) electrons. The zero-order valence-corrected chi connectivity index (χ0v) is 12.6. The van der Waals surface area contributed by atoms with E-state index in [1.807, 2.05) is 37.0 Å². The summed E-state index contributed by atoms with van der Waals surface area (Å²) in [5.41, 5.74) is 11.0. The Bertz CT molecular complexity index is 995. The van der Waals surface area contributed by atoms with Gasteiger partial charge in [-0.05, 0) is 29.4 Å². The van der Waals surface area contributed by atoms with Crippen LogP contribution in [0.5, 0.6) is 0 Å². The van der Waals surface area contributed by atoms with E-state index in [0.717, 1.165) is 22.6 Å². The molecule has 4 rings (SSSR count). The molecule has 0 amide bonds. The second kappa shape index (κ2) is 4.90. The zero-order valence-electron chi connectivity index (χ0n) is 12.6. The Hall–Kier alpha value is -3.23. The molecule has 0 spiro atoms. The van der Waals surface area contributed by atoms with Crippen molar-refractivity contribution in [3.05, 3.63) is 35.8 Å². The lowest BCUT2D eigenvalue weighted by Gasteiger charge is -2.08. The fourth-order valence-electron chi connectivity index (χ4n) is 2.56. The maximum Gasteiger partial charge on any atom is 0.226 e. The van der Waals surface area contributed by atoms with Gasteiger partial charge in [-0.2, -0.15) is 10.2 Å². The van der Waals surface area contributed by atoms with E-state index in [1.54, 1.807) is 10.9 Å². The van der Waals surface area contributed by atoms with Crippen LogP contribution in [0, 0.1) is 6.92 Å². The van der Waals surface area contributed by atoms with Gasteiger partial charge in [0, 0.05) is 30.7 Å². The number of hydrogen-bond donors (Lipinski definition) is 1. The number of hydrogen-bond acceptors (Lipinski definition) is 7. The van der Waals surface area contributed by atoms with Gasteiger partial charge in [-0.15, -0.1) is 0 Å². The van der Waals surface area contributed by atoms with E-state index in [1.165, 1.54) is 0 Å². The van der Waals surface area contributed by atoms with Crippen LogP contribution in [0.4, 0.5) is 5.69 Å². The van der Waals surface area contributed by atoms with Crippen LogP contribution in [0.25, 0.3) is 22.6 Å². The maximum atomic E-state index is 6.18. The molecule has 0 atom stereocenters. The van der Waals surface area contributed by atoms with Gasteiger partial charge in [0.15, 0.2) is 5.52 Å². The summed E-state index contributed by atoms with van der Waals surface area (Å²) in [5.74, 6) is 0. The molecule has 0 aliphatic heterocycles. The minimum absolute atomic E-state index is 0.416. The third-order valence-electron chi connectivity index (χ3n) is 3.81.